The Balaban J connectivity index is 1.71. The maximum atomic E-state index is 11.9. The molecule has 19 heavy (non-hydrogen) atoms. The van der Waals surface area contributed by atoms with E-state index in [-0.39, 0.29) is 5.75 Å². The number of pyridine rings is 1. The van der Waals surface area contributed by atoms with E-state index >= 15 is 0 Å². The van der Waals surface area contributed by atoms with Crippen molar-refractivity contribution in [3.8, 4) is 0 Å². The third-order valence-corrected chi connectivity index (χ3v) is 4.39. The van der Waals surface area contributed by atoms with Crippen LogP contribution in [-0.2, 0) is 10.0 Å². The standard InChI is InChI=1S/C13H21N3O2S/c1-11-10-13(6-8-14-11)16-19(17,18)9-3-2-7-15-12-4-5-12/h6,8,10,12,15H,2-5,7,9H2,1H3,(H,14,16). The number of hydrogen-bond donors (Lipinski definition) is 2. The number of nitrogens with one attached hydrogen (secondary N) is 2. The molecule has 1 saturated carbocycles. The first-order chi connectivity index (χ1) is 9.05. The van der Waals surface area contributed by atoms with Gasteiger partial charge in [-0.15, -0.1) is 0 Å². The molecule has 5 nitrogen and oxygen atoms in total. The minimum absolute atomic E-state index is 0.167. The average Bonchev–Trinajstić information content (AvgIpc) is 3.11. The Labute approximate surface area is 114 Å². The van der Waals surface area contributed by atoms with Gasteiger partial charge >= 0.3 is 0 Å². The second-order valence-electron chi connectivity index (χ2n) is 5.04. The van der Waals surface area contributed by atoms with Crippen LogP contribution in [0.4, 0.5) is 5.69 Å². The minimum atomic E-state index is -3.24. The zero-order valence-corrected chi connectivity index (χ0v) is 12.0. The summed E-state index contributed by atoms with van der Waals surface area (Å²) in [5.41, 5.74) is 1.39. The molecule has 106 valence electrons. The van der Waals surface area contributed by atoms with Crippen molar-refractivity contribution in [1.82, 2.24) is 10.3 Å². The number of aryl methyl sites for hydroxylation is 1. The van der Waals surface area contributed by atoms with E-state index in [1.165, 1.54) is 12.8 Å². The summed E-state index contributed by atoms with van der Waals surface area (Å²) in [5.74, 6) is 0.167. The summed E-state index contributed by atoms with van der Waals surface area (Å²) >= 11 is 0. The van der Waals surface area contributed by atoms with Crippen molar-refractivity contribution in [2.45, 2.75) is 38.6 Å². The molecule has 2 N–H and O–H groups in total. The number of sulfonamides is 1. The number of unbranched alkanes of at least 4 members (excludes halogenated alkanes) is 1. The number of hydrogen-bond acceptors (Lipinski definition) is 4. The summed E-state index contributed by atoms with van der Waals surface area (Å²) < 4.78 is 26.3. The van der Waals surface area contributed by atoms with Crippen molar-refractivity contribution < 1.29 is 8.42 Å². The molecule has 0 bridgehead atoms. The second kappa shape index (κ2) is 6.34. The van der Waals surface area contributed by atoms with E-state index in [1.54, 1.807) is 18.3 Å². The Morgan fingerprint density at radius 2 is 2.16 bits per heavy atom. The molecule has 2 rings (SSSR count). The Hall–Kier alpha value is -1.14. The van der Waals surface area contributed by atoms with Gasteiger partial charge < -0.3 is 5.32 Å². The van der Waals surface area contributed by atoms with E-state index in [4.69, 9.17) is 0 Å². The molecule has 0 saturated heterocycles. The van der Waals surface area contributed by atoms with Gasteiger partial charge in [-0.2, -0.15) is 0 Å². The topological polar surface area (TPSA) is 71.1 Å². The van der Waals surface area contributed by atoms with Gasteiger partial charge in [-0.25, -0.2) is 8.42 Å². The molecule has 0 unspecified atom stereocenters. The predicted octanol–water partition coefficient (Wildman–Crippen LogP) is 1.66. The van der Waals surface area contributed by atoms with E-state index in [0.717, 1.165) is 18.7 Å². The maximum Gasteiger partial charge on any atom is 0.232 e. The molecule has 1 heterocycles. The molecule has 0 spiro atoms. The Morgan fingerprint density at radius 1 is 1.37 bits per heavy atom. The third kappa shape index (κ3) is 5.57. The van der Waals surface area contributed by atoms with Gasteiger partial charge in [0.25, 0.3) is 0 Å². The van der Waals surface area contributed by atoms with Crippen LogP contribution in [0.3, 0.4) is 0 Å². The highest BCUT2D eigenvalue weighted by Crippen LogP contribution is 2.18. The van der Waals surface area contributed by atoms with Crippen LogP contribution in [0.1, 0.15) is 31.4 Å². The fourth-order valence-corrected chi connectivity index (χ4v) is 3.02. The fraction of sp³-hybridized carbons (Fsp3) is 0.615. The summed E-state index contributed by atoms with van der Waals surface area (Å²) in [6.07, 6.45) is 5.71. The number of anilines is 1. The Bertz CT molecular complexity index is 512. The van der Waals surface area contributed by atoms with Gasteiger partial charge in [-0.05, 0) is 51.3 Å². The molecule has 0 aromatic carbocycles. The van der Waals surface area contributed by atoms with Crippen LogP contribution < -0.4 is 10.0 Å². The summed E-state index contributed by atoms with van der Waals surface area (Å²) in [6.45, 7) is 2.75. The molecule has 1 fully saturated rings. The molecular formula is C13H21N3O2S. The van der Waals surface area contributed by atoms with E-state index in [9.17, 15) is 8.42 Å². The molecule has 0 radical (unpaired) electrons. The van der Waals surface area contributed by atoms with Gasteiger partial charge in [0.05, 0.1) is 11.4 Å². The monoisotopic (exact) mass is 283 g/mol. The molecular weight excluding hydrogens is 262 g/mol. The Morgan fingerprint density at radius 3 is 2.84 bits per heavy atom. The number of nitrogens with zero attached hydrogens (tertiary/aromatic N) is 1. The summed E-state index contributed by atoms with van der Waals surface area (Å²) in [4.78, 5) is 4.04. The smallest absolute Gasteiger partial charge is 0.232 e. The van der Waals surface area contributed by atoms with Crippen molar-refractivity contribution in [3.63, 3.8) is 0 Å². The molecule has 1 aromatic heterocycles. The highest BCUT2D eigenvalue weighted by molar-refractivity contribution is 7.92. The van der Waals surface area contributed by atoms with Crippen molar-refractivity contribution >= 4 is 15.7 Å². The van der Waals surface area contributed by atoms with Gasteiger partial charge in [0, 0.05) is 17.9 Å². The summed E-state index contributed by atoms with van der Waals surface area (Å²) in [6, 6.07) is 4.08. The van der Waals surface area contributed by atoms with Crippen LogP contribution in [0, 0.1) is 6.92 Å². The average molecular weight is 283 g/mol. The highest BCUT2D eigenvalue weighted by atomic mass is 32.2. The van der Waals surface area contributed by atoms with Crippen molar-refractivity contribution in [3.05, 3.63) is 24.0 Å². The van der Waals surface area contributed by atoms with Gasteiger partial charge in [0.1, 0.15) is 0 Å². The molecule has 1 aliphatic rings. The first kappa shape index (κ1) is 14.3. The largest absolute Gasteiger partial charge is 0.314 e. The second-order valence-corrected chi connectivity index (χ2v) is 6.88. The van der Waals surface area contributed by atoms with E-state index in [2.05, 4.69) is 15.0 Å². The van der Waals surface area contributed by atoms with E-state index in [1.807, 2.05) is 6.92 Å². The first-order valence-electron chi connectivity index (χ1n) is 6.72. The SMILES string of the molecule is Cc1cc(NS(=O)(=O)CCCCNC2CC2)ccn1. The fourth-order valence-electron chi connectivity index (χ4n) is 1.85. The predicted molar refractivity (Wildman–Crippen MR) is 76.6 cm³/mol. The van der Waals surface area contributed by atoms with Crippen LogP contribution in [0.5, 0.6) is 0 Å². The maximum absolute atomic E-state index is 11.9. The number of rotatable bonds is 8. The minimum Gasteiger partial charge on any atom is -0.314 e. The van der Waals surface area contributed by atoms with Crippen LogP contribution in [0.2, 0.25) is 0 Å². The zero-order chi connectivity index (χ0) is 13.7. The van der Waals surface area contributed by atoms with E-state index < -0.39 is 10.0 Å². The molecule has 1 aliphatic carbocycles. The normalized spacial score (nSPS) is 15.4. The lowest BCUT2D eigenvalue weighted by Gasteiger charge is -2.08. The van der Waals surface area contributed by atoms with Gasteiger partial charge in [-0.3, -0.25) is 9.71 Å². The lowest BCUT2D eigenvalue weighted by Crippen LogP contribution is -2.20. The lowest BCUT2D eigenvalue weighted by molar-refractivity contribution is 0.591. The lowest BCUT2D eigenvalue weighted by atomic mass is 10.3. The van der Waals surface area contributed by atoms with Crippen LogP contribution >= 0.6 is 0 Å². The van der Waals surface area contributed by atoms with Crippen molar-refractivity contribution in [2.24, 2.45) is 0 Å². The van der Waals surface area contributed by atoms with E-state index in [0.29, 0.717) is 18.2 Å². The zero-order valence-electron chi connectivity index (χ0n) is 11.2. The van der Waals surface area contributed by atoms with Crippen molar-refractivity contribution in [2.75, 3.05) is 17.0 Å². The van der Waals surface area contributed by atoms with Gasteiger partial charge in [-0.1, -0.05) is 0 Å². The molecule has 1 aromatic rings. The van der Waals surface area contributed by atoms with Gasteiger partial charge in [0.15, 0.2) is 0 Å². The van der Waals surface area contributed by atoms with Crippen LogP contribution in [0.15, 0.2) is 18.3 Å². The number of aromatic nitrogens is 1. The van der Waals surface area contributed by atoms with Crippen LogP contribution in [0.25, 0.3) is 0 Å². The highest BCUT2D eigenvalue weighted by Gasteiger charge is 2.19. The quantitative estimate of drug-likeness (QED) is 0.712. The third-order valence-electron chi connectivity index (χ3n) is 3.02. The first-order valence-corrected chi connectivity index (χ1v) is 8.37. The molecule has 6 heteroatoms. The van der Waals surface area contributed by atoms with Gasteiger partial charge in [0.2, 0.25) is 10.0 Å². The summed E-state index contributed by atoms with van der Waals surface area (Å²) in [7, 11) is -3.24. The Kier molecular flexibility index (Phi) is 4.76. The molecule has 0 amide bonds. The summed E-state index contributed by atoms with van der Waals surface area (Å²) in [5, 5.41) is 3.38. The molecule has 0 aliphatic heterocycles. The van der Waals surface area contributed by atoms with Crippen molar-refractivity contribution in [1.29, 1.82) is 0 Å². The van der Waals surface area contributed by atoms with Crippen LogP contribution in [-0.4, -0.2) is 31.7 Å². The molecule has 0 atom stereocenters.